The van der Waals surface area contributed by atoms with E-state index in [4.69, 9.17) is 9.29 Å². The summed E-state index contributed by atoms with van der Waals surface area (Å²) in [7, 11) is -4.02. The van der Waals surface area contributed by atoms with E-state index in [0.717, 1.165) is 12.0 Å². The van der Waals surface area contributed by atoms with Crippen LogP contribution in [0.25, 0.3) is 0 Å². The van der Waals surface area contributed by atoms with Crippen molar-refractivity contribution < 1.29 is 22.5 Å². The van der Waals surface area contributed by atoms with Gasteiger partial charge in [-0.2, -0.15) is 8.42 Å². The maximum absolute atomic E-state index is 10.5. The first-order valence-corrected chi connectivity index (χ1v) is 7.32. The summed E-state index contributed by atoms with van der Waals surface area (Å²) in [6.07, 6.45) is 0.965. The minimum Gasteiger partial charge on any atom is -0.463 e. The first kappa shape index (κ1) is 17.6. The quantitative estimate of drug-likeness (QED) is 0.683. The van der Waals surface area contributed by atoms with Gasteiger partial charge in [0.1, 0.15) is 0 Å². The van der Waals surface area contributed by atoms with Gasteiger partial charge in [-0.3, -0.25) is 9.35 Å². The molecule has 0 aliphatic heterocycles. The Balaban J connectivity index is 0.000000362. The standard InChI is InChI=1S/C7H8O3S.C6H12O2/c1-6-2-4-7(5-3-6)11(8,9)10;1-4-5(2)8-6(3)7/h2-5H,1H3,(H,8,9,10);5H,4H2,1-3H3. The van der Waals surface area contributed by atoms with Crippen molar-refractivity contribution in [1.82, 2.24) is 0 Å². The van der Waals surface area contributed by atoms with Gasteiger partial charge in [0.25, 0.3) is 10.1 Å². The Morgan fingerprint density at radius 1 is 1.32 bits per heavy atom. The summed E-state index contributed by atoms with van der Waals surface area (Å²) in [5.41, 5.74) is 0.956. The molecule has 0 aliphatic carbocycles. The molecule has 0 bridgehead atoms. The molecule has 0 spiro atoms. The molecule has 108 valence electrons. The third-order valence-electron chi connectivity index (χ3n) is 2.26. The highest BCUT2D eigenvalue weighted by Gasteiger charge is 2.06. The third-order valence-corrected chi connectivity index (χ3v) is 3.13. The van der Waals surface area contributed by atoms with Crippen molar-refractivity contribution in [1.29, 1.82) is 0 Å². The van der Waals surface area contributed by atoms with E-state index >= 15 is 0 Å². The van der Waals surface area contributed by atoms with Crippen LogP contribution >= 0.6 is 0 Å². The van der Waals surface area contributed by atoms with Crippen molar-refractivity contribution in [3.8, 4) is 0 Å². The van der Waals surface area contributed by atoms with Gasteiger partial charge in [0.2, 0.25) is 0 Å². The number of carbonyl (C=O) groups is 1. The van der Waals surface area contributed by atoms with Crippen LogP contribution in [-0.4, -0.2) is 25.0 Å². The third kappa shape index (κ3) is 8.34. The van der Waals surface area contributed by atoms with Crippen LogP contribution in [0.15, 0.2) is 29.2 Å². The SMILES string of the molecule is CCC(C)OC(C)=O.Cc1ccc(S(=O)(=O)O)cc1. The Hall–Kier alpha value is -1.40. The van der Waals surface area contributed by atoms with Crippen LogP contribution in [0.5, 0.6) is 0 Å². The zero-order valence-corrected chi connectivity index (χ0v) is 12.4. The summed E-state index contributed by atoms with van der Waals surface area (Å²) < 4.78 is 34.3. The highest BCUT2D eigenvalue weighted by Crippen LogP contribution is 2.08. The van der Waals surface area contributed by atoms with Gasteiger partial charge in [-0.1, -0.05) is 24.6 Å². The predicted molar refractivity (Wildman–Crippen MR) is 72.5 cm³/mol. The van der Waals surface area contributed by atoms with Crippen molar-refractivity contribution in [2.45, 2.75) is 45.1 Å². The molecular weight excluding hydrogens is 268 g/mol. The molecule has 0 saturated heterocycles. The Morgan fingerprint density at radius 2 is 1.79 bits per heavy atom. The number of hydrogen-bond donors (Lipinski definition) is 1. The summed E-state index contributed by atoms with van der Waals surface area (Å²) >= 11 is 0. The average Bonchev–Trinajstić information content (AvgIpc) is 2.28. The first-order chi connectivity index (χ1) is 8.66. The molecule has 6 heteroatoms. The number of hydrogen-bond acceptors (Lipinski definition) is 4. The van der Waals surface area contributed by atoms with Gasteiger partial charge >= 0.3 is 5.97 Å². The molecule has 1 unspecified atom stereocenters. The molecule has 0 heterocycles. The number of aryl methyl sites for hydroxylation is 1. The van der Waals surface area contributed by atoms with Crippen LogP contribution in [0.1, 0.15) is 32.8 Å². The van der Waals surface area contributed by atoms with Crippen LogP contribution in [0.3, 0.4) is 0 Å². The lowest BCUT2D eigenvalue weighted by molar-refractivity contribution is -0.145. The molecule has 0 saturated carbocycles. The lowest BCUT2D eigenvalue weighted by atomic mass is 10.2. The molecule has 1 rings (SSSR count). The van der Waals surface area contributed by atoms with Gasteiger partial charge < -0.3 is 4.74 Å². The Morgan fingerprint density at radius 3 is 2.05 bits per heavy atom. The molecule has 0 aromatic heterocycles. The molecule has 1 aromatic carbocycles. The van der Waals surface area contributed by atoms with Gasteiger partial charge in [-0.25, -0.2) is 0 Å². The predicted octanol–water partition coefficient (Wildman–Crippen LogP) is 2.59. The van der Waals surface area contributed by atoms with Gasteiger partial charge in [-0.05, 0) is 32.4 Å². The molecule has 0 amide bonds. The van der Waals surface area contributed by atoms with E-state index in [1.807, 2.05) is 20.8 Å². The van der Waals surface area contributed by atoms with E-state index in [9.17, 15) is 13.2 Å². The van der Waals surface area contributed by atoms with Crippen molar-refractivity contribution in [2.24, 2.45) is 0 Å². The fourth-order valence-corrected chi connectivity index (χ4v) is 1.56. The second-order valence-corrected chi connectivity index (χ2v) is 5.54. The van der Waals surface area contributed by atoms with Crippen molar-refractivity contribution in [3.63, 3.8) is 0 Å². The summed E-state index contributed by atoms with van der Waals surface area (Å²) in [5.74, 6) is -0.195. The largest absolute Gasteiger partial charge is 0.463 e. The Labute approximate surface area is 114 Å². The molecule has 1 N–H and O–H groups in total. The van der Waals surface area contributed by atoms with E-state index in [1.54, 1.807) is 12.1 Å². The average molecular weight is 288 g/mol. The normalized spacial score (nSPS) is 12.1. The van der Waals surface area contributed by atoms with E-state index in [2.05, 4.69) is 0 Å². The molecule has 1 atom stereocenters. The second-order valence-electron chi connectivity index (χ2n) is 4.12. The summed E-state index contributed by atoms with van der Waals surface area (Å²) in [4.78, 5) is 10.1. The van der Waals surface area contributed by atoms with E-state index in [-0.39, 0.29) is 17.0 Å². The zero-order valence-electron chi connectivity index (χ0n) is 11.6. The van der Waals surface area contributed by atoms with Gasteiger partial charge in [0.15, 0.2) is 0 Å². The highest BCUT2D eigenvalue weighted by atomic mass is 32.2. The fourth-order valence-electron chi connectivity index (χ4n) is 1.08. The lowest BCUT2D eigenvalue weighted by Gasteiger charge is -2.06. The second kappa shape index (κ2) is 7.91. The molecule has 5 nitrogen and oxygen atoms in total. The van der Waals surface area contributed by atoms with Crippen LogP contribution in [0.4, 0.5) is 0 Å². The molecular formula is C13H20O5S. The number of rotatable bonds is 3. The molecule has 1 aromatic rings. The fraction of sp³-hybridized carbons (Fsp3) is 0.462. The highest BCUT2D eigenvalue weighted by molar-refractivity contribution is 7.85. The molecule has 0 aliphatic rings. The minimum absolute atomic E-state index is 0.0666. The van der Waals surface area contributed by atoms with Crippen LogP contribution in [0.2, 0.25) is 0 Å². The van der Waals surface area contributed by atoms with Crippen molar-refractivity contribution in [2.75, 3.05) is 0 Å². The van der Waals surface area contributed by atoms with Gasteiger partial charge in [0.05, 0.1) is 11.0 Å². The topological polar surface area (TPSA) is 80.7 Å². The number of benzene rings is 1. The minimum atomic E-state index is -4.02. The van der Waals surface area contributed by atoms with E-state index in [1.165, 1.54) is 19.1 Å². The van der Waals surface area contributed by atoms with Crippen molar-refractivity contribution >= 4 is 16.1 Å². The Bertz CT molecular complexity index is 490. The number of ether oxygens (including phenoxy) is 1. The molecule has 0 radical (unpaired) electrons. The maximum Gasteiger partial charge on any atom is 0.302 e. The van der Waals surface area contributed by atoms with Gasteiger partial charge in [0, 0.05) is 6.92 Å². The zero-order chi connectivity index (χ0) is 15.1. The summed E-state index contributed by atoms with van der Waals surface area (Å²) in [6.45, 7) is 7.12. The van der Waals surface area contributed by atoms with Crippen LogP contribution < -0.4 is 0 Å². The van der Waals surface area contributed by atoms with Crippen LogP contribution in [-0.2, 0) is 19.6 Å². The summed E-state index contributed by atoms with van der Waals surface area (Å²) in [5, 5.41) is 0. The smallest absolute Gasteiger partial charge is 0.302 e. The van der Waals surface area contributed by atoms with E-state index in [0.29, 0.717) is 0 Å². The van der Waals surface area contributed by atoms with Crippen molar-refractivity contribution in [3.05, 3.63) is 29.8 Å². The lowest BCUT2D eigenvalue weighted by Crippen LogP contribution is -2.09. The maximum atomic E-state index is 10.5. The molecule has 0 fully saturated rings. The number of carbonyl (C=O) groups excluding carboxylic acids is 1. The monoisotopic (exact) mass is 288 g/mol. The van der Waals surface area contributed by atoms with E-state index < -0.39 is 10.1 Å². The number of esters is 1. The molecule has 19 heavy (non-hydrogen) atoms. The van der Waals surface area contributed by atoms with Gasteiger partial charge in [-0.15, -0.1) is 0 Å². The summed E-state index contributed by atoms with van der Waals surface area (Å²) in [6, 6.07) is 5.99. The van der Waals surface area contributed by atoms with Crippen LogP contribution in [0, 0.1) is 6.92 Å². The first-order valence-electron chi connectivity index (χ1n) is 5.88. The Kier molecular flexibility index (Phi) is 7.33.